The van der Waals surface area contributed by atoms with E-state index in [0.717, 1.165) is 48.9 Å². The summed E-state index contributed by atoms with van der Waals surface area (Å²) in [5, 5.41) is 4.58. The summed E-state index contributed by atoms with van der Waals surface area (Å²) in [4.78, 5) is 15.0. The Morgan fingerprint density at radius 1 is 1.29 bits per heavy atom. The quantitative estimate of drug-likeness (QED) is 0.849. The standard InChI is InChI=1S/C21H27FN4O.ClH/c1-13-6-7-19(17(22)12-13)26-18-5-3-4-16(18)20(24-26)21(27)25-10-8-15(9-11-25)14(2)23;/h6-7,12,14-15H,3-5,8-11,23H2,1-2H3;1H. The van der Waals surface area contributed by atoms with E-state index in [9.17, 15) is 9.18 Å². The van der Waals surface area contributed by atoms with Crippen LogP contribution in [0.4, 0.5) is 4.39 Å². The zero-order chi connectivity index (χ0) is 19.1. The van der Waals surface area contributed by atoms with E-state index in [1.165, 1.54) is 6.07 Å². The molecule has 0 bridgehead atoms. The molecule has 1 unspecified atom stereocenters. The van der Waals surface area contributed by atoms with Gasteiger partial charge in [0, 0.05) is 30.4 Å². The summed E-state index contributed by atoms with van der Waals surface area (Å²) in [5.74, 6) is 0.144. The van der Waals surface area contributed by atoms with Gasteiger partial charge in [0.1, 0.15) is 11.5 Å². The van der Waals surface area contributed by atoms with Crippen LogP contribution in [0.15, 0.2) is 18.2 Å². The van der Waals surface area contributed by atoms with Gasteiger partial charge in [-0.05, 0) is 69.6 Å². The van der Waals surface area contributed by atoms with Gasteiger partial charge >= 0.3 is 0 Å². The molecular formula is C21H28ClFN4O. The number of aromatic nitrogens is 2. The van der Waals surface area contributed by atoms with Gasteiger partial charge in [0.25, 0.3) is 5.91 Å². The van der Waals surface area contributed by atoms with Gasteiger partial charge in [-0.2, -0.15) is 5.10 Å². The third-order valence-electron chi connectivity index (χ3n) is 6.03. The van der Waals surface area contributed by atoms with Crippen molar-refractivity contribution in [3.8, 4) is 5.69 Å². The van der Waals surface area contributed by atoms with Crippen LogP contribution in [0, 0.1) is 18.7 Å². The molecule has 1 saturated heterocycles. The highest BCUT2D eigenvalue weighted by Gasteiger charge is 2.32. The van der Waals surface area contributed by atoms with Crippen LogP contribution in [0.5, 0.6) is 0 Å². The van der Waals surface area contributed by atoms with Crippen molar-refractivity contribution in [2.24, 2.45) is 11.7 Å². The summed E-state index contributed by atoms with van der Waals surface area (Å²) >= 11 is 0. The fourth-order valence-electron chi connectivity index (χ4n) is 4.37. The van der Waals surface area contributed by atoms with Gasteiger partial charge in [-0.1, -0.05) is 6.07 Å². The molecule has 1 fully saturated rings. The van der Waals surface area contributed by atoms with Crippen molar-refractivity contribution in [1.82, 2.24) is 14.7 Å². The van der Waals surface area contributed by atoms with Gasteiger partial charge in [0.05, 0.1) is 0 Å². The fraction of sp³-hybridized carbons (Fsp3) is 0.524. The van der Waals surface area contributed by atoms with Crippen LogP contribution in [0.1, 0.15) is 53.5 Å². The predicted molar refractivity (Wildman–Crippen MR) is 110 cm³/mol. The highest BCUT2D eigenvalue weighted by molar-refractivity contribution is 5.94. The molecule has 2 aromatic rings. The number of nitrogens with two attached hydrogens (primary N) is 1. The SMILES string of the molecule is Cc1ccc(-n2nc(C(=O)N3CCC(C(C)N)CC3)c3c2CCC3)c(F)c1.Cl. The van der Waals surface area contributed by atoms with Crippen LogP contribution in [0.2, 0.25) is 0 Å². The van der Waals surface area contributed by atoms with Crippen molar-refractivity contribution in [3.63, 3.8) is 0 Å². The molecule has 0 radical (unpaired) electrons. The molecule has 1 atom stereocenters. The minimum Gasteiger partial charge on any atom is -0.337 e. The molecular weight excluding hydrogens is 379 g/mol. The van der Waals surface area contributed by atoms with E-state index in [4.69, 9.17) is 5.73 Å². The molecule has 2 aliphatic rings. The van der Waals surface area contributed by atoms with Crippen molar-refractivity contribution in [3.05, 3.63) is 46.5 Å². The van der Waals surface area contributed by atoms with E-state index in [-0.39, 0.29) is 30.2 Å². The molecule has 2 heterocycles. The zero-order valence-corrected chi connectivity index (χ0v) is 17.3. The number of amides is 1. The molecule has 4 rings (SSSR count). The van der Waals surface area contributed by atoms with Crippen LogP contribution < -0.4 is 5.73 Å². The number of likely N-dealkylation sites (tertiary alicyclic amines) is 1. The van der Waals surface area contributed by atoms with Crippen LogP contribution in [-0.4, -0.2) is 39.7 Å². The van der Waals surface area contributed by atoms with E-state index in [2.05, 4.69) is 5.10 Å². The first-order valence-corrected chi connectivity index (χ1v) is 9.88. The van der Waals surface area contributed by atoms with Crippen molar-refractivity contribution in [1.29, 1.82) is 0 Å². The van der Waals surface area contributed by atoms with E-state index < -0.39 is 0 Å². The number of hydrogen-bond donors (Lipinski definition) is 1. The lowest BCUT2D eigenvalue weighted by Crippen LogP contribution is -2.42. The van der Waals surface area contributed by atoms with E-state index in [0.29, 0.717) is 30.4 Å². The Bertz CT molecular complexity index is 872. The van der Waals surface area contributed by atoms with Crippen LogP contribution in [-0.2, 0) is 12.8 Å². The first-order valence-electron chi connectivity index (χ1n) is 9.88. The zero-order valence-electron chi connectivity index (χ0n) is 16.4. The first kappa shape index (κ1) is 20.8. The predicted octanol–water partition coefficient (Wildman–Crippen LogP) is 3.43. The topological polar surface area (TPSA) is 64.2 Å². The molecule has 0 saturated carbocycles. The minimum absolute atomic E-state index is 0. The summed E-state index contributed by atoms with van der Waals surface area (Å²) < 4.78 is 16.2. The van der Waals surface area contributed by atoms with Crippen LogP contribution >= 0.6 is 12.4 Å². The second kappa shape index (κ2) is 8.21. The minimum atomic E-state index is -0.302. The van der Waals surface area contributed by atoms with Crippen molar-refractivity contribution >= 4 is 18.3 Å². The van der Waals surface area contributed by atoms with Crippen LogP contribution in [0.3, 0.4) is 0 Å². The number of halogens is 2. The molecule has 1 amide bonds. The van der Waals surface area contributed by atoms with Gasteiger partial charge < -0.3 is 10.6 Å². The number of nitrogens with zero attached hydrogens (tertiary/aromatic N) is 3. The van der Waals surface area contributed by atoms with E-state index in [1.54, 1.807) is 10.7 Å². The summed E-state index contributed by atoms with van der Waals surface area (Å²) in [6.45, 7) is 5.32. The molecule has 2 N–H and O–H groups in total. The highest BCUT2D eigenvalue weighted by Crippen LogP contribution is 2.30. The van der Waals surface area contributed by atoms with Crippen molar-refractivity contribution in [2.75, 3.05) is 13.1 Å². The monoisotopic (exact) mass is 406 g/mol. The maximum absolute atomic E-state index is 14.5. The first-order chi connectivity index (χ1) is 13.0. The number of fused-ring (bicyclic) bond motifs is 1. The second-order valence-corrected chi connectivity index (χ2v) is 7.98. The Hall–Kier alpha value is -1.92. The molecule has 7 heteroatoms. The highest BCUT2D eigenvalue weighted by atomic mass is 35.5. The summed E-state index contributed by atoms with van der Waals surface area (Å²) in [6.07, 6.45) is 4.50. The maximum Gasteiger partial charge on any atom is 0.274 e. The lowest BCUT2D eigenvalue weighted by atomic mass is 9.91. The summed E-state index contributed by atoms with van der Waals surface area (Å²) in [5.41, 5.74) is 9.78. The average Bonchev–Trinajstić information content (AvgIpc) is 3.24. The average molecular weight is 407 g/mol. The Kier molecular flexibility index (Phi) is 6.10. The molecule has 1 aromatic carbocycles. The molecule has 1 aliphatic carbocycles. The molecule has 0 spiro atoms. The molecule has 28 heavy (non-hydrogen) atoms. The Balaban J connectivity index is 0.00000225. The number of aryl methyl sites for hydroxylation is 1. The van der Waals surface area contributed by atoms with Gasteiger partial charge in [-0.25, -0.2) is 9.07 Å². The van der Waals surface area contributed by atoms with Gasteiger partial charge in [0.2, 0.25) is 0 Å². The van der Waals surface area contributed by atoms with Crippen molar-refractivity contribution in [2.45, 2.75) is 52.0 Å². The third kappa shape index (κ3) is 3.67. The van der Waals surface area contributed by atoms with Gasteiger partial charge in [0.15, 0.2) is 5.69 Å². The maximum atomic E-state index is 14.5. The third-order valence-corrected chi connectivity index (χ3v) is 6.03. The normalized spacial score (nSPS) is 17.9. The second-order valence-electron chi connectivity index (χ2n) is 7.98. The summed E-state index contributed by atoms with van der Waals surface area (Å²) in [7, 11) is 0. The fourth-order valence-corrected chi connectivity index (χ4v) is 4.37. The molecule has 1 aliphatic heterocycles. The number of rotatable bonds is 3. The lowest BCUT2D eigenvalue weighted by Gasteiger charge is -2.33. The smallest absolute Gasteiger partial charge is 0.274 e. The number of benzene rings is 1. The number of piperidine rings is 1. The van der Waals surface area contributed by atoms with Crippen LogP contribution in [0.25, 0.3) is 5.69 Å². The number of carbonyl (C=O) groups excluding carboxylic acids is 1. The largest absolute Gasteiger partial charge is 0.337 e. The Morgan fingerprint density at radius 2 is 2.00 bits per heavy atom. The lowest BCUT2D eigenvalue weighted by molar-refractivity contribution is 0.0673. The van der Waals surface area contributed by atoms with E-state index in [1.807, 2.05) is 24.8 Å². The number of carbonyl (C=O) groups is 1. The number of hydrogen-bond acceptors (Lipinski definition) is 3. The Morgan fingerprint density at radius 3 is 2.64 bits per heavy atom. The molecule has 152 valence electrons. The molecule has 1 aromatic heterocycles. The van der Waals surface area contributed by atoms with E-state index >= 15 is 0 Å². The molecule has 5 nitrogen and oxygen atoms in total. The van der Waals surface area contributed by atoms with Gasteiger partial charge in [-0.3, -0.25) is 4.79 Å². The van der Waals surface area contributed by atoms with Crippen molar-refractivity contribution < 1.29 is 9.18 Å². The summed E-state index contributed by atoms with van der Waals surface area (Å²) in [6, 6.07) is 5.30. The Labute approximate surface area is 171 Å². The van der Waals surface area contributed by atoms with Gasteiger partial charge in [-0.15, -0.1) is 12.4 Å².